The normalized spacial score (nSPS) is 15.9. The molecule has 1 amide bonds. The molecule has 180 valence electrons. The molecular weight excluding hydrogens is 478 g/mol. The van der Waals surface area contributed by atoms with Crippen LogP contribution in [0.3, 0.4) is 0 Å². The zero-order valence-corrected chi connectivity index (χ0v) is 20.1. The molecule has 3 heterocycles. The van der Waals surface area contributed by atoms with Crippen LogP contribution in [0.4, 0.5) is 0 Å². The predicted octanol–water partition coefficient (Wildman–Crippen LogP) is 4.22. The second-order valence-corrected chi connectivity index (χ2v) is 8.56. The first-order valence-corrected chi connectivity index (χ1v) is 11.8. The number of hydrogen-bond donors (Lipinski definition) is 1. The van der Waals surface area contributed by atoms with E-state index < -0.39 is 5.91 Å². The Balaban J connectivity index is 1.20. The second kappa shape index (κ2) is 10.4. The molecule has 0 radical (unpaired) electrons. The van der Waals surface area contributed by atoms with E-state index in [2.05, 4.69) is 15.1 Å². The molecule has 5 rings (SSSR count). The number of carbonyl (C=O) groups is 1. The van der Waals surface area contributed by atoms with Gasteiger partial charge in [0.1, 0.15) is 35.5 Å². The van der Waals surface area contributed by atoms with Crippen LogP contribution in [-0.2, 0) is 4.79 Å². The van der Waals surface area contributed by atoms with Crippen LogP contribution < -0.4 is 14.2 Å². The average Bonchev–Trinajstić information content (AvgIpc) is 3.35. The highest BCUT2D eigenvalue weighted by molar-refractivity contribution is 8.27. The van der Waals surface area contributed by atoms with Crippen molar-refractivity contribution in [3.05, 3.63) is 89.8 Å². The van der Waals surface area contributed by atoms with Crippen LogP contribution in [-0.4, -0.2) is 52.3 Å². The van der Waals surface area contributed by atoms with E-state index in [9.17, 15) is 4.79 Å². The topological polar surface area (TPSA) is 109 Å². The summed E-state index contributed by atoms with van der Waals surface area (Å²) in [6.45, 7) is 0.760. The number of aliphatic imine (C=N–C) groups is 1. The predicted molar refractivity (Wildman–Crippen MR) is 139 cm³/mol. The van der Waals surface area contributed by atoms with Crippen molar-refractivity contribution in [1.82, 2.24) is 9.99 Å². The number of nitrogens with zero attached hydrogens (tertiary/aromatic N) is 4. The molecule has 0 bridgehead atoms. The molecule has 1 N–H and O–H groups in total. The summed E-state index contributed by atoms with van der Waals surface area (Å²) in [7, 11) is 1.62. The van der Waals surface area contributed by atoms with Gasteiger partial charge in [-0.25, -0.2) is 0 Å². The van der Waals surface area contributed by atoms with Gasteiger partial charge in [-0.2, -0.15) is 15.1 Å². The smallest absolute Gasteiger partial charge is 0.283 e. The molecule has 3 aromatic rings. The Morgan fingerprint density at radius 3 is 2.28 bits per heavy atom. The van der Waals surface area contributed by atoms with E-state index in [4.69, 9.17) is 19.6 Å². The number of thioether (sulfide) groups is 1. The van der Waals surface area contributed by atoms with Crippen LogP contribution in [0, 0.1) is 5.41 Å². The molecule has 9 nitrogen and oxygen atoms in total. The number of rotatable bonds is 8. The molecule has 0 unspecified atom stereocenters. The first-order valence-electron chi connectivity index (χ1n) is 11.0. The van der Waals surface area contributed by atoms with Crippen molar-refractivity contribution < 1.29 is 19.0 Å². The maximum atomic E-state index is 12.6. The lowest BCUT2D eigenvalue weighted by Crippen LogP contribution is -2.35. The molecule has 0 saturated heterocycles. The number of carbonyl (C=O) groups excluding carboxylic acids is 1. The van der Waals surface area contributed by atoms with E-state index in [-0.39, 0.29) is 11.4 Å². The first kappa shape index (κ1) is 23.3. The summed E-state index contributed by atoms with van der Waals surface area (Å²) in [5, 5.41) is 15.4. The number of ether oxygens (including phenoxy) is 3. The highest BCUT2D eigenvalue weighted by Gasteiger charge is 2.36. The van der Waals surface area contributed by atoms with Gasteiger partial charge in [0, 0.05) is 18.0 Å². The summed E-state index contributed by atoms with van der Waals surface area (Å²) in [5.74, 6) is 1.68. The number of fused-ring (bicyclic) bond motifs is 1. The maximum absolute atomic E-state index is 12.6. The van der Waals surface area contributed by atoms with E-state index in [0.29, 0.717) is 29.2 Å². The van der Waals surface area contributed by atoms with Gasteiger partial charge in [-0.05, 0) is 71.9 Å². The van der Waals surface area contributed by atoms with Crippen molar-refractivity contribution in [1.29, 1.82) is 5.41 Å². The van der Waals surface area contributed by atoms with Gasteiger partial charge in [0.05, 0.1) is 12.7 Å². The van der Waals surface area contributed by atoms with Gasteiger partial charge in [0.15, 0.2) is 5.84 Å². The Labute approximate surface area is 211 Å². The highest BCUT2D eigenvalue weighted by atomic mass is 32.2. The van der Waals surface area contributed by atoms with Gasteiger partial charge < -0.3 is 14.2 Å². The minimum Gasteiger partial charge on any atom is -0.497 e. The third-order valence-corrected chi connectivity index (χ3v) is 6.19. The third-order valence-electron chi connectivity index (χ3n) is 5.23. The summed E-state index contributed by atoms with van der Waals surface area (Å²) in [5.41, 5.74) is 1.71. The van der Waals surface area contributed by atoms with Crippen molar-refractivity contribution in [3.63, 3.8) is 0 Å². The second-order valence-electron chi connectivity index (χ2n) is 7.61. The number of amides is 1. The van der Waals surface area contributed by atoms with Crippen molar-refractivity contribution in [2.24, 2.45) is 10.1 Å². The summed E-state index contributed by atoms with van der Waals surface area (Å²) in [6, 6.07) is 18.3. The Bertz CT molecular complexity index is 1370. The van der Waals surface area contributed by atoms with Crippen molar-refractivity contribution in [2.45, 2.75) is 0 Å². The van der Waals surface area contributed by atoms with E-state index in [1.54, 1.807) is 43.8 Å². The fourth-order valence-corrected chi connectivity index (χ4v) is 4.30. The summed E-state index contributed by atoms with van der Waals surface area (Å²) in [4.78, 5) is 20.9. The standard InChI is InChI=1S/C26H21N5O4S/c1-33-19-8-10-21(11-9-19)35-14-13-34-20-6-4-17(5-7-20)15-22-23(27)31-26(29-24(22)32)36-25(30-31)18-3-2-12-28-16-18/h2-12,15-16,27H,13-14H2,1H3/b22-15-,27-23?. The zero-order valence-electron chi connectivity index (χ0n) is 19.2. The van der Waals surface area contributed by atoms with Crippen LogP contribution in [0.2, 0.25) is 0 Å². The quantitative estimate of drug-likeness (QED) is 0.365. The number of amidine groups is 2. The molecule has 0 aliphatic carbocycles. The lowest BCUT2D eigenvalue weighted by Gasteiger charge is -2.20. The fourth-order valence-electron chi connectivity index (χ4n) is 3.42. The number of nitrogens with one attached hydrogen (secondary N) is 1. The minimum absolute atomic E-state index is 0.0209. The Kier molecular flexibility index (Phi) is 6.76. The number of hydrogen-bond acceptors (Lipinski definition) is 8. The van der Waals surface area contributed by atoms with Gasteiger partial charge in [-0.3, -0.25) is 15.2 Å². The SMILES string of the molecule is COc1ccc(OCCOc2ccc(/C=C3/C(=N)N4N=C(c5cccnc5)SC4=NC3=O)cc2)cc1. The molecule has 10 heteroatoms. The van der Waals surface area contributed by atoms with Gasteiger partial charge >= 0.3 is 0 Å². The molecule has 1 aromatic heterocycles. The Hall–Kier alpha value is -4.44. The van der Waals surface area contributed by atoms with Crippen LogP contribution >= 0.6 is 11.8 Å². The number of benzene rings is 2. The molecule has 36 heavy (non-hydrogen) atoms. The molecule has 2 aliphatic rings. The lowest BCUT2D eigenvalue weighted by atomic mass is 10.1. The average molecular weight is 500 g/mol. The number of pyridine rings is 1. The summed E-state index contributed by atoms with van der Waals surface area (Å²) < 4.78 is 16.5. The van der Waals surface area contributed by atoms with Crippen LogP contribution in [0.25, 0.3) is 6.08 Å². The van der Waals surface area contributed by atoms with E-state index in [0.717, 1.165) is 22.6 Å². The lowest BCUT2D eigenvalue weighted by molar-refractivity contribution is -0.114. The zero-order chi connectivity index (χ0) is 24.9. The van der Waals surface area contributed by atoms with Gasteiger partial charge in [-0.1, -0.05) is 12.1 Å². The Morgan fingerprint density at radius 1 is 0.972 bits per heavy atom. The van der Waals surface area contributed by atoms with E-state index in [1.807, 2.05) is 42.5 Å². The monoisotopic (exact) mass is 499 g/mol. The van der Waals surface area contributed by atoms with Crippen LogP contribution in [0.5, 0.6) is 17.2 Å². The van der Waals surface area contributed by atoms with Gasteiger partial charge in [-0.15, -0.1) is 0 Å². The largest absolute Gasteiger partial charge is 0.497 e. The van der Waals surface area contributed by atoms with E-state index in [1.165, 1.54) is 16.8 Å². The van der Waals surface area contributed by atoms with Crippen molar-refractivity contribution in [2.75, 3.05) is 20.3 Å². The molecule has 0 saturated carbocycles. The summed E-state index contributed by atoms with van der Waals surface area (Å²) in [6.07, 6.45) is 4.99. The van der Waals surface area contributed by atoms with Gasteiger partial charge in [0.25, 0.3) is 5.91 Å². The highest BCUT2D eigenvalue weighted by Crippen LogP contribution is 2.30. The maximum Gasteiger partial charge on any atom is 0.283 e. The molecular formula is C26H21N5O4S. The number of aromatic nitrogens is 1. The molecule has 0 fully saturated rings. The fraction of sp³-hybridized carbons (Fsp3) is 0.115. The minimum atomic E-state index is -0.475. The van der Waals surface area contributed by atoms with Crippen molar-refractivity contribution in [3.8, 4) is 17.2 Å². The van der Waals surface area contributed by atoms with Crippen LogP contribution in [0.1, 0.15) is 11.1 Å². The first-order chi connectivity index (χ1) is 17.6. The van der Waals surface area contributed by atoms with E-state index >= 15 is 0 Å². The van der Waals surface area contributed by atoms with Crippen LogP contribution in [0.15, 0.2) is 88.7 Å². The number of hydrazone groups is 1. The third kappa shape index (κ3) is 5.13. The molecule has 0 atom stereocenters. The molecule has 0 spiro atoms. The summed E-state index contributed by atoms with van der Waals surface area (Å²) >= 11 is 1.24. The Morgan fingerprint density at radius 2 is 1.64 bits per heavy atom. The number of methoxy groups -OCH3 is 1. The van der Waals surface area contributed by atoms with Gasteiger partial charge in [0.2, 0.25) is 5.17 Å². The van der Waals surface area contributed by atoms with Crippen molar-refractivity contribution >= 4 is 39.8 Å². The molecule has 2 aliphatic heterocycles. The molecule has 2 aromatic carbocycles.